The predicted molar refractivity (Wildman–Crippen MR) is 96.9 cm³/mol. The van der Waals surface area contributed by atoms with Gasteiger partial charge >= 0.3 is 5.97 Å². The number of hydrogen-bond donors (Lipinski definition) is 2. The molecule has 2 aliphatic carbocycles. The average Bonchev–Trinajstić information content (AvgIpc) is 3.33. The molecule has 2 aliphatic rings. The summed E-state index contributed by atoms with van der Waals surface area (Å²) in [4.78, 5) is 23.2. The molecule has 10 heteroatoms. The van der Waals surface area contributed by atoms with Crippen molar-refractivity contribution in [3.05, 3.63) is 33.9 Å². The largest absolute Gasteiger partial charge is 0.480 e. The van der Waals surface area contributed by atoms with E-state index in [-0.39, 0.29) is 29.2 Å². The SMILES string of the molecule is Cc1ccc([N+](=O)[O-])cc1S(=O)(=O)NC1CC(N(CC(=O)O)CC2CC2)C1. The van der Waals surface area contributed by atoms with Gasteiger partial charge in [-0.3, -0.25) is 19.8 Å². The molecule has 0 spiro atoms. The maximum Gasteiger partial charge on any atom is 0.317 e. The Morgan fingerprint density at radius 2 is 2.04 bits per heavy atom. The van der Waals surface area contributed by atoms with Gasteiger partial charge in [0.15, 0.2) is 0 Å². The fraction of sp³-hybridized carbons (Fsp3) is 0.588. The van der Waals surface area contributed by atoms with E-state index in [0.29, 0.717) is 24.3 Å². The molecule has 0 radical (unpaired) electrons. The first-order valence-electron chi connectivity index (χ1n) is 8.89. The molecule has 0 aromatic heterocycles. The summed E-state index contributed by atoms with van der Waals surface area (Å²) in [6, 6.07) is 3.50. The minimum absolute atomic E-state index is 0.0371. The van der Waals surface area contributed by atoms with Crippen LogP contribution >= 0.6 is 0 Å². The number of sulfonamides is 1. The van der Waals surface area contributed by atoms with Gasteiger partial charge in [-0.2, -0.15) is 0 Å². The van der Waals surface area contributed by atoms with Gasteiger partial charge in [0.1, 0.15) is 0 Å². The summed E-state index contributed by atoms with van der Waals surface area (Å²) in [7, 11) is -3.88. The van der Waals surface area contributed by atoms with E-state index in [2.05, 4.69) is 4.72 Å². The molecule has 0 bridgehead atoms. The number of nitrogens with one attached hydrogen (secondary N) is 1. The highest BCUT2D eigenvalue weighted by Gasteiger charge is 2.39. The van der Waals surface area contributed by atoms with Gasteiger partial charge < -0.3 is 5.11 Å². The zero-order valence-corrected chi connectivity index (χ0v) is 15.8. The minimum atomic E-state index is -3.88. The Hall–Kier alpha value is -2.04. The van der Waals surface area contributed by atoms with Crippen molar-refractivity contribution in [2.75, 3.05) is 13.1 Å². The van der Waals surface area contributed by atoms with Crippen LogP contribution in [-0.4, -0.2) is 54.5 Å². The molecule has 148 valence electrons. The van der Waals surface area contributed by atoms with Crippen LogP contribution in [0.3, 0.4) is 0 Å². The Morgan fingerprint density at radius 3 is 2.59 bits per heavy atom. The summed E-state index contributed by atoms with van der Waals surface area (Å²) in [5.74, 6) is -0.334. The average molecular weight is 397 g/mol. The third-order valence-corrected chi connectivity index (χ3v) is 6.81. The molecule has 9 nitrogen and oxygen atoms in total. The van der Waals surface area contributed by atoms with Crippen LogP contribution in [0.1, 0.15) is 31.2 Å². The zero-order chi connectivity index (χ0) is 19.8. The summed E-state index contributed by atoms with van der Waals surface area (Å²) in [6.45, 7) is 2.29. The molecular formula is C17H23N3O6S. The lowest BCUT2D eigenvalue weighted by Crippen LogP contribution is -2.55. The van der Waals surface area contributed by atoms with Crippen molar-refractivity contribution < 1.29 is 23.2 Å². The van der Waals surface area contributed by atoms with Crippen molar-refractivity contribution in [3.8, 4) is 0 Å². The quantitative estimate of drug-likeness (QED) is 0.477. The van der Waals surface area contributed by atoms with E-state index in [0.717, 1.165) is 25.5 Å². The van der Waals surface area contributed by atoms with E-state index in [1.165, 1.54) is 12.1 Å². The summed E-state index contributed by atoms with van der Waals surface area (Å²) < 4.78 is 27.9. The standard InChI is InChI=1S/C17H23N3O6S/c1-11-2-5-14(20(23)24)8-16(11)27(25,26)18-13-6-15(7-13)19(10-17(21)22)9-12-3-4-12/h2,5,8,12-13,15,18H,3-4,6-7,9-10H2,1H3,(H,21,22). The summed E-state index contributed by atoms with van der Waals surface area (Å²) in [5.41, 5.74) is 0.162. The Labute approximate surface area is 157 Å². The molecule has 2 N–H and O–H groups in total. The first-order chi connectivity index (χ1) is 12.7. The van der Waals surface area contributed by atoms with E-state index in [1.54, 1.807) is 6.92 Å². The predicted octanol–water partition coefficient (Wildman–Crippen LogP) is 1.51. The van der Waals surface area contributed by atoms with Crippen LogP contribution in [-0.2, 0) is 14.8 Å². The molecule has 0 aliphatic heterocycles. The minimum Gasteiger partial charge on any atom is -0.480 e. The highest BCUT2D eigenvalue weighted by Crippen LogP contribution is 2.34. The second-order valence-corrected chi connectivity index (χ2v) is 9.10. The Morgan fingerprint density at radius 1 is 1.37 bits per heavy atom. The van der Waals surface area contributed by atoms with E-state index in [4.69, 9.17) is 5.11 Å². The molecule has 2 saturated carbocycles. The topological polar surface area (TPSA) is 130 Å². The third-order valence-electron chi connectivity index (χ3n) is 5.15. The van der Waals surface area contributed by atoms with Crippen LogP contribution in [0.5, 0.6) is 0 Å². The number of carbonyl (C=O) groups is 1. The molecule has 2 fully saturated rings. The van der Waals surface area contributed by atoms with Gasteiger partial charge in [-0.15, -0.1) is 0 Å². The summed E-state index contributed by atoms with van der Waals surface area (Å²) >= 11 is 0. The van der Waals surface area contributed by atoms with Gasteiger partial charge in [-0.25, -0.2) is 13.1 Å². The zero-order valence-electron chi connectivity index (χ0n) is 15.0. The van der Waals surface area contributed by atoms with Gasteiger partial charge in [0.2, 0.25) is 10.0 Å². The number of aryl methyl sites for hydroxylation is 1. The van der Waals surface area contributed by atoms with E-state index < -0.39 is 20.9 Å². The number of benzene rings is 1. The first-order valence-corrected chi connectivity index (χ1v) is 10.4. The second-order valence-electron chi connectivity index (χ2n) is 7.42. The van der Waals surface area contributed by atoms with Crippen LogP contribution in [0.2, 0.25) is 0 Å². The maximum absolute atomic E-state index is 12.6. The Kier molecular flexibility index (Phi) is 5.50. The lowest BCUT2D eigenvalue weighted by atomic mass is 9.86. The molecular weight excluding hydrogens is 374 g/mol. The van der Waals surface area contributed by atoms with Crippen LogP contribution in [0.15, 0.2) is 23.1 Å². The summed E-state index contributed by atoms with van der Waals surface area (Å²) in [5, 5.41) is 20.0. The monoisotopic (exact) mass is 397 g/mol. The fourth-order valence-electron chi connectivity index (χ4n) is 3.41. The van der Waals surface area contributed by atoms with Crippen LogP contribution in [0, 0.1) is 23.0 Å². The van der Waals surface area contributed by atoms with E-state index in [9.17, 15) is 23.3 Å². The number of hydrogen-bond acceptors (Lipinski definition) is 6. The molecule has 0 heterocycles. The smallest absolute Gasteiger partial charge is 0.317 e. The van der Waals surface area contributed by atoms with Crippen LogP contribution < -0.4 is 4.72 Å². The normalized spacial score (nSPS) is 22.4. The van der Waals surface area contributed by atoms with Crippen molar-refractivity contribution >= 4 is 21.7 Å². The Bertz CT molecular complexity index is 846. The lowest BCUT2D eigenvalue weighted by molar-refractivity contribution is -0.385. The van der Waals surface area contributed by atoms with Gasteiger partial charge in [0, 0.05) is 30.8 Å². The molecule has 0 amide bonds. The fourth-order valence-corrected chi connectivity index (χ4v) is 4.93. The highest BCUT2D eigenvalue weighted by atomic mass is 32.2. The molecule has 0 saturated heterocycles. The van der Waals surface area contributed by atoms with Gasteiger partial charge in [0.05, 0.1) is 16.4 Å². The van der Waals surface area contributed by atoms with Crippen molar-refractivity contribution in [1.82, 2.24) is 9.62 Å². The number of carboxylic acid groups (broad SMARTS) is 1. The summed E-state index contributed by atoms with van der Waals surface area (Å²) in [6.07, 6.45) is 3.30. The van der Waals surface area contributed by atoms with Crippen LogP contribution in [0.4, 0.5) is 5.69 Å². The first kappa shape index (κ1) is 19.7. The molecule has 0 unspecified atom stereocenters. The molecule has 3 rings (SSSR count). The molecule has 0 atom stereocenters. The number of non-ortho nitro benzene ring substituents is 1. The number of carboxylic acids is 1. The molecule has 1 aromatic carbocycles. The number of aliphatic carboxylic acids is 1. The number of nitro benzene ring substituents is 1. The second kappa shape index (κ2) is 7.53. The van der Waals surface area contributed by atoms with Gasteiger partial charge in [-0.05, 0) is 44.1 Å². The van der Waals surface area contributed by atoms with Gasteiger partial charge in [-0.1, -0.05) is 6.07 Å². The van der Waals surface area contributed by atoms with E-state index >= 15 is 0 Å². The third kappa shape index (κ3) is 4.82. The molecule has 27 heavy (non-hydrogen) atoms. The van der Waals surface area contributed by atoms with Crippen LogP contribution in [0.25, 0.3) is 0 Å². The van der Waals surface area contributed by atoms with Crippen molar-refractivity contribution in [3.63, 3.8) is 0 Å². The molecule has 1 aromatic rings. The van der Waals surface area contributed by atoms with Crippen molar-refractivity contribution in [2.45, 2.75) is 49.6 Å². The highest BCUT2D eigenvalue weighted by molar-refractivity contribution is 7.89. The Balaban J connectivity index is 1.63. The maximum atomic E-state index is 12.6. The van der Waals surface area contributed by atoms with E-state index in [1.807, 2.05) is 4.90 Å². The van der Waals surface area contributed by atoms with Crippen molar-refractivity contribution in [1.29, 1.82) is 0 Å². The van der Waals surface area contributed by atoms with Gasteiger partial charge in [0.25, 0.3) is 5.69 Å². The number of nitrogens with zero attached hydrogens (tertiary/aromatic N) is 2. The number of rotatable bonds is 9. The lowest BCUT2D eigenvalue weighted by Gasteiger charge is -2.42. The number of nitro groups is 1. The van der Waals surface area contributed by atoms with Crippen molar-refractivity contribution in [2.24, 2.45) is 5.92 Å².